The number of benzene rings is 1. The number of hydrogen-bond donors (Lipinski definition) is 1. The molecule has 0 aliphatic rings. The Balaban J connectivity index is 2.65. The lowest BCUT2D eigenvalue weighted by Crippen LogP contribution is -2.06. The fourth-order valence-corrected chi connectivity index (χ4v) is 2.27. The largest absolute Gasteiger partial charge is 0.373 e. The van der Waals surface area contributed by atoms with Gasteiger partial charge in [-0.15, -0.1) is 0 Å². The first-order chi connectivity index (χ1) is 9.58. The van der Waals surface area contributed by atoms with Crippen molar-refractivity contribution in [3.8, 4) is 11.3 Å². The van der Waals surface area contributed by atoms with Crippen LogP contribution in [0, 0.1) is 19.7 Å². The monoisotopic (exact) mass is 273 g/mol. The van der Waals surface area contributed by atoms with Gasteiger partial charge in [-0.1, -0.05) is 19.1 Å². The van der Waals surface area contributed by atoms with E-state index in [1.54, 1.807) is 13.0 Å². The summed E-state index contributed by atoms with van der Waals surface area (Å²) in [7, 11) is 1.84. The Bertz CT molecular complexity index is 623. The molecule has 0 aliphatic heterocycles. The van der Waals surface area contributed by atoms with E-state index in [0.717, 1.165) is 41.3 Å². The standard InChI is InChI=1S/C16H20FN3/c1-5-7-14-19-15(11(3)16(18-4)20-14)12-8-6-9-13(17)10(12)2/h6,8-9H,5,7H2,1-4H3,(H,18,19,20). The van der Waals surface area contributed by atoms with Gasteiger partial charge in [0.1, 0.15) is 17.5 Å². The fourth-order valence-electron chi connectivity index (χ4n) is 2.27. The van der Waals surface area contributed by atoms with E-state index in [2.05, 4.69) is 22.2 Å². The van der Waals surface area contributed by atoms with Gasteiger partial charge in [-0.05, 0) is 31.9 Å². The highest BCUT2D eigenvalue weighted by atomic mass is 19.1. The van der Waals surface area contributed by atoms with Crippen molar-refractivity contribution >= 4 is 5.82 Å². The topological polar surface area (TPSA) is 37.8 Å². The maximum atomic E-state index is 13.8. The predicted molar refractivity (Wildman–Crippen MR) is 80.4 cm³/mol. The van der Waals surface area contributed by atoms with Crippen LogP contribution in [0.15, 0.2) is 18.2 Å². The number of halogens is 1. The van der Waals surface area contributed by atoms with Crippen molar-refractivity contribution in [3.05, 3.63) is 41.0 Å². The van der Waals surface area contributed by atoms with Gasteiger partial charge in [0.05, 0.1) is 5.69 Å². The highest BCUT2D eigenvalue weighted by molar-refractivity contribution is 5.70. The molecule has 1 aromatic carbocycles. The van der Waals surface area contributed by atoms with Gasteiger partial charge in [-0.2, -0.15) is 0 Å². The summed E-state index contributed by atoms with van der Waals surface area (Å²) in [5, 5.41) is 3.09. The Labute approximate surface area is 119 Å². The molecule has 0 radical (unpaired) electrons. The van der Waals surface area contributed by atoms with Crippen LogP contribution in [0.2, 0.25) is 0 Å². The summed E-state index contributed by atoms with van der Waals surface area (Å²) in [5.41, 5.74) is 3.21. The summed E-state index contributed by atoms with van der Waals surface area (Å²) < 4.78 is 13.8. The molecule has 0 spiro atoms. The molecule has 3 nitrogen and oxygen atoms in total. The van der Waals surface area contributed by atoms with E-state index >= 15 is 0 Å². The van der Waals surface area contributed by atoms with E-state index in [9.17, 15) is 4.39 Å². The molecule has 0 bridgehead atoms. The molecule has 2 aromatic rings. The highest BCUT2D eigenvalue weighted by Crippen LogP contribution is 2.29. The number of anilines is 1. The van der Waals surface area contributed by atoms with Crippen LogP contribution >= 0.6 is 0 Å². The van der Waals surface area contributed by atoms with Crippen LogP contribution in [0.5, 0.6) is 0 Å². The average Bonchev–Trinajstić information content (AvgIpc) is 2.44. The van der Waals surface area contributed by atoms with E-state index in [1.807, 2.05) is 20.0 Å². The van der Waals surface area contributed by atoms with Crippen molar-refractivity contribution in [3.63, 3.8) is 0 Å². The molecule has 4 heteroatoms. The second-order valence-corrected chi connectivity index (χ2v) is 4.87. The van der Waals surface area contributed by atoms with E-state index in [-0.39, 0.29) is 5.82 Å². The van der Waals surface area contributed by atoms with Gasteiger partial charge in [0.15, 0.2) is 0 Å². The van der Waals surface area contributed by atoms with Gasteiger partial charge >= 0.3 is 0 Å². The third kappa shape index (κ3) is 2.64. The van der Waals surface area contributed by atoms with Crippen LogP contribution in [0.3, 0.4) is 0 Å². The maximum Gasteiger partial charge on any atom is 0.132 e. The minimum absolute atomic E-state index is 0.205. The van der Waals surface area contributed by atoms with Gasteiger partial charge in [0, 0.05) is 24.6 Å². The van der Waals surface area contributed by atoms with Crippen molar-refractivity contribution in [2.24, 2.45) is 0 Å². The zero-order chi connectivity index (χ0) is 14.7. The molecule has 0 atom stereocenters. The first kappa shape index (κ1) is 14.4. The molecule has 106 valence electrons. The van der Waals surface area contributed by atoms with Crippen molar-refractivity contribution in [2.75, 3.05) is 12.4 Å². The van der Waals surface area contributed by atoms with Crippen molar-refractivity contribution in [2.45, 2.75) is 33.6 Å². The summed E-state index contributed by atoms with van der Waals surface area (Å²) in [5.74, 6) is 1.40. The zero-order valence-corrected chi connectivity index (χ0v) is 12.4. The quantitative estimate of drug-likeness (QED) is 0.918. The van der Waals surface area contributed by atoms with Crippen LogP contribution in [0.1, 0.15) is 30.3 Å². The Morgan fingerprint density at radius 2 is 1.90 bits per heavy atom. The summed E-state index contributed by atoms with van der Waals surface area (Å²) in [4.78, 5) is 9.13. The van der Waals surface area contributed by atoms with E-state index < -0.39 is 0 Å². The van der Waals surface area contributed by atoms with Crippen LogP contribution < -0.4 is 5.32 Å². The van der Waals surface area contributed by atoms with Crippen LogP contribution in [-0.4, -0.2) is 17.0 Å². The summed E-state index contributed by atoms with van der Waals surface area (Å²) in [6.45, 7) is 5.83. The first-order valence-electron chi connectivity index (χ1n) is 6.89. The van der Waals surface area contributed by atoms with Gasteiger partial charge in [0.2, 0.25) is 0 Å². The molecule has 1 aromatic heterocycles. The van der Waals surface area contributed by atoms with Gasteiger partial charge in [-0.3, -0.25) is 0 Å². The van der Waals surface area contributed by atoms with Crippen LogP contribution in [0.4, 0.5) is 10.2 Å². The highest BCUT2D eigenvalue weighted by Gasteiger charge is 2.14. The first-order valence-corrected chi connectivity index (χ1v) is 6.89. The zero-order valence-electron chi connectivity index (χ0n) is 12.4. The molecule has 1 N–H and O–H groups in total. The normalized spacial score (nSPS) is 10.7. The minimum atomic E-state index is -0.205. The maximum absolute atomic E-state index is 13.8. The van der Waals surface area contributed by atoms with E-state index in [4.69, 9.17) is 0 Å². The Morgan fingerprint density at radius 3 is 2.55 bits per heavy atom. The predicted octanol–water partition coefficient (Wildman–Crippen LogP) is 3.89. The molecule has 0 unspecified atom stereocenters. The number of nitrogens with zero attached hydrogens (tertiary/aromatic N) is 2. The number of aromatic nitrogens is 2. The summed E-state index contributed by atoms with van der Waals surface area (Å²) in [6, 6.07) is 5.10. The van der Waals surface area contributed by atoms with Crippen molar-refractivity contribution < 1.29 is 4.39 Å². The molecule has 2 rings (SSSR count). The molecule has 0 saturated heterocycles. The SMILES string of the molecule is CCCc1nc(NC)c(C)c(-c2cccc(F)c2C)n1. The molecule has 0 aliphatic carbocycles. The summed E-state index contributed by atoms with van der Waals surface area (Å²) >= 11 is 0. The molecule has 0 fully saturated rings. The van der Waals surface area contributed by atoms with E-state index in [0.29, 0.717) is 5.56 Å². The van der Waals surface area contributed by atoms with Gasteiger partial charge in [0.25, 0.3) is 0 Å². The third-order valence-corrected chi connectivity index (χ3v) is 3.43. The Kier molecular flexibility index (Phi) is 4.32. The average molecular weight is 273 g/mol. The summed E-state index contributed by atoms with van der Waals surface area (Å²) in [6.07, 6.45) is 1.80. The number of rotatable bonds is 4. The second-order valence-electron chi connectivity index (χ2n) is 4.87. The number of hydrogen-bond acceptors (Lipinski definition) is 3. The van der Waals surface area contributed by atoms with Gasteiger partial charge < -0.3 is 5.32 Å². The molecular formula is C16H20FN3. The van der Waals surface area contributed by atoms with Crippen LogP contribution in [0.25, 0.3) is 11.3 Å². The van der Waals surface area contributed by atoms with E-state index in [1.165, 1.54) is 6.07 Å². The lowest BCUT2D eigenvalue weighted by Gasteiger charge is -2.14. The Morgan fingerprint density at radius 1 is 1.15 bits per heavy atom. The van der Waals surface area contributed by atoms with Crippen molar-refractivity contribution in [1.29, 1.82) is 0 Å². The lowest BCUT2D eigenvalue weighted by molar-refractivity contribution is 0.619. The molecular weight excluding hydrogens is 253 g/mol. The smallest absolute Gasteiger partial charge is 0.132 e. The third-order valence-electron chi connectivity index (χ3n) is 3.43. The molecule has 0 saturated carbocycles. The van der Waals surface area contributed by atoms with Crippen molar-refractivity contribution in [1.82, 2.24) is 9.97 Å². The lowest BCUT2D eigenvalue weighted by atomic mass is 10.0. The fraction of sp³-hybridized carbons (Fsp3) is 0.375. The Hall–Kier alpha value is -1.97. The molecule has 1 heterocycles. The molecule has 20 heavy (non-hydrogen) atoms. The van der Waals surface area contributed by atoms with Crippen LogP contribution in [-0.2, 0) is 6.42 Å². The number of aryl methyl sites for hydroxylation is 1. The minimum Gasteiger partial charge on any atom is -0.373 e. The second kappa shape index (κ2) is 5.99. The number of nitrogens with one attached hydrogen (secondary N) is 1. The molecule has 0 amide bonds. The van der Waals surface area contributed by atoms with Gasteiger partial charge in [-0.25, -0.2) is 14.4 Å².